The molecule has 0 saturated carbocycles. The zero-order chi connectivity index (χ0) is 20.5. The molecule has 2 amide bonds. The van der Waals surface area contributed by atoms with Crippen molar-refractivity contribution in [2.24, 2.45) is 0 Å². The molecule has 0 radical (unpaired) electrons. The molecule has 0 aliphatic carbocycles. The summed E-state index contributed by atoms with van der Waals surface area (Å²) in [6.07, 6.45) is -0.311. The van der Waals surface area contributed by atoms with Crippen molar-refractivity contribution in [1.82, 2.24) is 0 Å². The third-order valence-electron chi connectivity index (χ3n) is 4.36. The van der Waals surface area contributed by atoms with E-state index < -0.39 is 26.8 Å². The number of hydrogen-bond donors (Lipinski definition) is 2. The van der Waals surface area contributed by atoms with Crippen molar-refractivity contribution in [2.75, 3.05) is 10.6 Å². The minimum Gasteiger partial charge on any atom is -0.324 e. The molecule has 1 aliphatic heterocycles. The Labute approximate surface area is 166 Å². The van der Waals surface area contributed by atoms with Gasteiger partial charge in [-0.2, -0.15) is 0 Å². The number of amides is 2. The lowest BCUT2D eigenvalue weighted by atomic mass is 10.2. The van der Waals surface area contributed by atoms with Crippen LogP contribution in [0.2, 0.25) is 0 Å². The Kier molecular flexibility index (Phi) is 5.76. The van der Waals surface area contributed by atoms with Gasteiger partial charge in [0.2, 0.25) is 11.8 Å². The molecule has 28 heavy (non-hydrogen) atoms. The number of carbonyl (C=O) groups is 2. The number of nitrogens with one attached hydrogen (secondary N) is 2. The Morgan fingerprint density at radius 1 is 1.29 bits per heavy atom. The highest BCUT2D eigenvalue weighted by molar-refractivity contribution is 8.01. The van der Waals surface area contributed by atoms with E-state index in [1.165, 1.54) is 49.0 Å². The Hall–Kier alpha value is -2.39. The summed E-state index contributed by atoms with van der Waals surface area (Å²) in [4.78, 5) is 24.6. The van der Waals surface area contributed by atoms with E-state index in [1.54, 1.807) is 19.1 Å². The van der Waals surface area contributed by atoms with E-state index in [9.17, 15) is 22.4 Å². The van der Waals surface area contributed by atoms with Crippen molar-refractivity contribution >= 4 is 44.8 Å². The summed E-state index contributed by atoms with van der Waals surface area (Å²) in [5, 5.41) is 3.80. The van der Waals surface area contributed by atoms with E-state index in [2.05, 4.69) is 10.6 Å². The third kappa shape index (κ3) is 4.20. The van der Waals surface area contributed by atoms with Crippen molar-refractivity contribution in [2.45, 2.75) is 40.6 Å². The lowest BCUT2D eigenvalue weighted by Crippen LogP contribution is -2.27. The van der Waals surface area contributed by atoms with Crippen LogP contribution in [0.5, 0.6) is 0 Å². The second-order valence-electron chi connectivity index (χ2n) is 6.50. The molecule has 6 nitrogen and oxygen atoms in total. The van der Waals surface area contributed by atoms with Crippen LogP contribution in [-0.4, -0.2) is 30.7 Å². The number of hydrogen-bond acceptors (Lipinski definition) is 5. The number of thioether (sulfide) groups is 1. The van der Waals surface area contributed by atoms with Gasteiger partial charge in [0.15, 0.2) is 9.84 Å². The number of carbonyl (C=O) groups excluding carboxylic acids is 2. The van der Waals surface area contributed by atoms with E-state index in [4.69, 9.17) is 0 Å². The van der Waals surface area contributed by atoms with Crippen LogP contribution in [0, 0.1) is 5.82 Å². The van der Waals surface area contributed by atoms with Crippen molar-refractivity contribution in [3.63, 3.8) is 0 Å². The van der Waals surface area contributed by atoms with Crippen molar-refractivity contribution in [3.05, 3.63) is 48.3 Å². The molecule has 2 N–H and O–H groups in total. The highest BCUT2D eigenvalue weighted by Crippen LogP contribution is 2.37. The van der Waals surface area contributed by atoms with E-state index in [0.29, 0.717) is 10.6 Å². The molecule has 9 heteroatoms. The van der Waals surface area contributed by atoms with Gasteiger partial charge in [0.05, 0.1) is 26.8 Å². The summed E-state index contributed by atoms with van der Waals surface area (Å²) in [5.74, 6) is -1.31. The van der Waals surface area contributed by atoms with Gasteiger partial charge < -0.3 is 10.6 Å². The molecular weight excluding hydrogens is 403 g/mol. The number of sulfone groups is 1. The van der Waals surface area contributed by atoms with Gasteiger partial charge in [-0.05, 0) is 44.2 Å². The second kappa shape index (κ2) is 7.92. The number of halogens is 1. The fraction of sp³-hybridized carbons (Fsp3) is 0.263. The van der Waals surface area contributed by atoms with E-state index in [-0.39, 0.29) is 28.2 Å². The van der Waals surface area contributed by atoms with E-state index in [0.717, 1.165) is 0 Å². The fourth-order valence-corrected chi connectivity index (χ4v) is 5.16. The standard InChI is InChI=1S/C19H19FN2O4S2/c1-11(9-18(23)21-15-6-4-3-5-14(15)20)28(25,26)13-7-8-16-17(10-13)27-12(2)19(24)22-16/h3-8,10-12H,9H2,1-2H3,(H,21,23)(H,22,24). The summed E-state index contributed by atoms with van der Waals surface area (Å²) in [6.45, 7) is 3.17. The molecule has 0 bridgehead atoms. The molecule has 2 atom stereocenters. The maximum Gasteiger partial charge on any atom is 0.237 e. The first-order valence-corrected chi connectivity index (χ1v) is 11.0. The Bertz CT molecular complexity index is 1040. The molecule has 1 aliphatic rings. The lowest BCUT2D eigenvalue weighted by Gasteiger charge is -2.22. The molecule has 0 aromatic heterocycles. The van der Waals surface area contributed by atoms with Gasteiger partial charge in [0.1, 0.15) is 5.82 Å². The largest absolute Gasteiger partial charge is 0.324 e. The zero-order valence-electron chi connectivity index (χ0n) is 15.2. The molecule has 0 spiro atoms. The molecule has 3 rings (SSSR count). The van der Waals surface area contributed by atoms with Crippen LogP contribution in [0.25, 0.3) is 0 Å². The number of benzene rings is 2. The summed E-state index contributed by atoms with van der Waals surface area (Å²) < 4.78 is 39.4. The minimum absolute atomic E-state index is 0.00649. The number of para-hydroxylation sites is 1. The van der Waals surface area contributed by atoms with Gasteiger partial charge in [-0.15, -0.1) is 11.8 Å². The summed E-state index contributed by atoms with van der Waals surface area (Å²) >= 11 is 1.28. The molecule has 0 fully saturated rings. The normalized spacial score (nSPS) is 17.4. The summed E-state index contributed by atoms with van der Waals surface area (Å²) in [7, 11) is -3.78. The average molecular weight is 423 g/mol. The van der Waals surface area contributed by atoms with Crippen molar-refractivity contribution in [1.29, 1.82) is 0 Å². The van der Waals surface area contributed by atoms with Crippen LogP contribution in [0.3, 0.4) is 0 Å². The average Bonchev–Trinajstić information content (AvgIpc) is 2.64. The van der Waals surface area contributed by atoms with Crippen molar-refractivity contribution < 1.29 is 22.4 Å². The molecule has 0 saturated heterocycles. The third-order valence-corrected chi connectivity index (χ3v) is 7.66. The van der Waals surface area contributed by atoms with Crippen LogP contribution in [-0.2, 0) is 19.4 Å². The Morgan fingerprint density at radius 3 is 2.71 bits per heavy atom. The van der Waals surface area contributed by atoms with Crippen LogP contribution >= 0.6 is 11.8 Å². The maximum atomic E-state index is 13.6. The monoisotopic (exact) mass is 422 g/mol. The predicted molar refractivity (Wildman–Crippen MR) is 107 cm³/mol. The second-order valence-corrected chi connectivity index (χ2v) is 10.2. The molecule has 148 valence electrons. The van der Waals surface area contributed by atoms with Gasteiger partial charge in [-0.3, -0.25) is 9.59 Å². The van der Waals surface area contributed by atoms with Gasteiger partial charge in [-0.1, -0.05) is 12.1 Å². The maximum absolute atomic E-state index is 13.6. The lowest BCUT2D eigenvalue weighted by molar-refractivity contribution is -0.116. The van der Waals surface area contributed by atoms with Crippen LogP contribution in [0.4, 0.5) is 15.8 Å². The highest BCUT2D eigenvalue weighted by Gasteiger charge is 2.29. The molecular formula is C19H19FN2O4S2. The van der Waals surface area contributed by atoms with E-state index >= 15 is 0 Å². The number of fused-ring (bicyclic) bond motifs is 1. The topological polar surface area (TPSA) is 92.3 Å². The highest BCUT2D eigenvalue weighted by atomic mass is 32.2. The quantitative estimate of drug-likeness (QED) is 0.770. The van der Waals surface area contributed by atoms with E-state index in [1.807, 2.05) is 0 Å². The Morgan fingerprint density at radius 2 is 2.00 bits per heavy atom. The molecule has 2 aromatic rings. The van der Waals surface area contributed by atoms with Crippen LogP contribution in [0.1, 0.15) is 20.3 Å². The van der Waals surface area contributed by atoms with Crippen molar-refractivity contribution in [3.8, 4) is 0 Å². The molecule has 1 heterocycles. The summed E-state index contributed by atoms with van der Waals surface area (Å²) in [5.41, 5.74) is 0.573. The van der Waals surface area contributed by atoms with Gasteiger partial charge in [0.25, 0.3) is 0 Å². The van der Waals surface area contributed by atoms with Gasteiger partial charge in [-0.25, -0.2) is 12.8 Å². The fourth-order valence-electron chi connectivity index (χ4n) is 2.73. The Balaban J connectivity index is 1.75. The number of rotatable bonds is 5. The predicted octanol–water partition coefficient (Wildman–Crippen LogP) is 3.45. The zero-order valence-corrected chi connectivity index (χ0v) is 16.9. The smallest absolute Gasteiger partial charge is 0.237 e. The SMILES string of the molecule is CC1Sc2cc(S(=O)(=O)C(C)CC(=O)Nc3ccccc3F)ccc2NC1=O. The first kappa shape index (κ1) is 20.3. The van der Waals surface area contributed by atoms with Crippen LogP contribution < -0.4 is 10.6 Å². The van der Waals surface area contributed by atoms with Gasteiger partial charge >= 0.3 is 0 Å². The first-order valence-electron chi connectivity index (χ1n) is 8.58. The summed E-state index contributed by atoms with van der Waals surface area (Å²) in [6, 6.07) is 10.2. The minimum atomic E-state index is -3.78. The van der Waals surface area contributed by atoms with Crippen LogP contribution in [0.15, 0.2) is 52.3 Å². The molecule has 2 aromatic carbocycles. The van der Waals surface area contributed by atoms with Gasteiger partial charge in [0, 0.05) is 11.3 Å². The molecule has 2 unspecified atom stereocenters. The first-order chi connectivity index (χ1) is 13.2. The number of anilines is 2.